The Hall–Kier alpha value is -2.08. The lowest BCUT2D eigenvalue weighted by molar-refractivity contribution is -0.121. The van der Waals surface area contributed by atoms with E-state index >= 15 is 0 Å². The number of nitrogens with one attached hydrogen (secondary N) is 1. The summed E-state index contributed by atoms with van der Waals surface area (Å²) < 4.78 is 31.6. The van der Waals surface area contributed by atoms with Crippen molar-refractivity contribution in [3.8, 4) is 5.75 Å². The second kappa shape index (κ2) is 8.68. The number of rotatable bonds is 7. The number of hydrogen-bond acceptors (Lipinski definition) is 3. The second-order valence-corrected chi connectivity index (χ2v) is 6.78. The van der Waals surface area contributed by atoms with Crippen LogP contribution in [-0.4, -0.2) is 23.8 Å². The van der Waals surface area contributed by atoms with Crippen molar-refractivity contribution in [1.29, 1.82) is 0 Å². The van der Waals surface area contributed by atoms with Gasteiger partial charge in [-0.25, -0.2) is 8.78 Å². The van der Waals surface area contributed by atoms with Gasteiger partial charge in [0.25, 0.3) is 0 Å². The molecule has 0 radical (unpaired) electrons. The smallest absolute Gasteiger partial charge is 0.233 e. The first-order chi connectivity index (χ1) is 11.5. The van der Waals surface area contributed by atoms with Crippen LogP contribution in [0.25, 0.3) is 0 Å². The molecule has 0 fully saturated rings. The van der Waals surface area contributed by atoms with Crippen LogP contribution >= 0.6 is 11.8 Å². The van der Waals surface area contributed by atoms with Gasteiger partial charge in [0, 0.05) is 11.0 Å². The number of thioether (sulfide) groups is 1. The number of hydrogen-bond donors (Lipinski definition) is 1. The molecule has 2 aromatic carbocycles. The largest absolute Gasteiger partial charge is 0.488 e. The van der Waals surface area contributed by atoms with E-state index < -0.39 is 11.6 Å². The van der Waals surface area contributed by atoms with E-state index in [-0.39, 0.29) is 29.6 Å². The molecule has 0 spiro atoms. The van der Waals surface area contributed by atoms with Crippen molar-refractivity contribution < 1.29 is 18.3 Å². The summed E-state index contributed by atoms with van der Waals surface area (Å²) in [6.45, 7) is 3.68. The van der Waals surface area contributed by atoms with Gasteiger partial charge in [-0.2, -0.15) is 0 Å². The Balaban J connectivity index is 1.80. The van der Waals surface area contributed by atoms with Crippen molar-refractivity contribution in [2.75, 3.05) is 6.61 Å². The highest BCUT2D eigenvalue weighted by Gasteiger charge is 2.17. The van der Waals surface area contributed by atoms with Gasteiger partial charge in [0.05, 0.1) is 11.3 Å². The maximum absolute atomic E-state index is 13.5. The molecular formula is C18H19F2NO2S. The Labute approximate surface area is 144 Å². The van der Waals surface area contributed by atoms with Crippen LogP contribution in [0.15, 0.2) is 53.4 Å². The summed E-state index contributed by atoms with van der Waals surface area (Å²) in [5.74, 6) is -1.58. The lowest BCUT2D eigenvalue weighted by atomic mass is 10.3. The van der Waals surface area contributed by atoms with Crippen LogP contribution < -0.4 is 10.1 Å². The van der Waals surface area contributed by atoms with E-state index in [1.165, 1.54) is 17.8 Å². The van der Waals surface area contributed by atoms with E-state index in [9.17, 15) is 13.6 Å². The first-order valence-corrected chi connectivity index (χ1v) is 8.43. The number of carbonyl (C=O) groups excluding carboxylic acids is 1. The van der Waals surface area contributed by atoms with Crippen molar-refractivity contribution in [3.05, 3.63) is 60.2 Å². The number of ether oxygens (including phenoxy) is 1. The fourth-order valence-corrected chi connectivity index (χ4v) is 2.86. The zero-order valence-electron chi connectivity index (χ0n) is 13.5. The summed E-state index contributed by atoms with van der Waals surface area (Å²) in [6.07, 6.45) is 0. The van der Waals surface area contributed by atoms with Crippen molar-refractivity contribution >= 4 is 17.7 Å². The van der Waals surface area contributed by atoms with Crippen molar-refractivity contribution in [1.82, 2.24) is 5.32 Å². The molecule has 0 saturated heterocycles. The number of benzene rings is 2. The summed E-state index contributed by atoms with van der Waals surface area (Å²) in [5.41, 5.74) is 0. The summed E-state index contributed by atoms with van der Waals surface area (Å²) in [4.78, 5) is 13.2. The monoisotopic (exact) mass is 351 g/mol. The summed E-state index contributed by atoms with van der Waals surface area (Å²) in [7, 11) is 0. The maximum Gasteiger partial charge on any atom is 0.233 e. The lowest BCUT2D eigenvalue weighted by Crippen LogP contribution is -2.40. The van der Waals surface area contributed by atoms with Gasteiger partial charge in [0.2, 0.25) is 5.91 Å². The standard InChI is InChI=1S/C18H19F2NO2S/c1-12(11-23-17-9-8-14(19)10-16(17)20)21-18(22)13(2)24-15-6-4-3-5-7-15/h3-10,12-13H,11H2,1-2H3,(H,21,22). The van der Waals surface area contributed by atoms with E-state index in [0.29, 0.717) is 0 Å². The van der Waals surface area contributed by atoms with Crippen LogP contribution in [-0.2, 0) is 4.79 Å². The minimum absolute atomic E-state index is 0.0378. The average molecular weight is 351 g/mol. The van der Waals surface area contributed by atoms with Crippen LogP contribution in [0.2, 0.25) is 0 Å². The highest BCUT2D eigenvalue weighted by atomic mass is 32.2. The quantitative estimate of drug-likeness (QED) is 0.766. The van der Waals surface area contributed by atoms with Gasteiger partial charge >= 0.3 is 0 Å². The summed E-state index contributed by atoms with van der Waals surface area (Å²) in [6, 6.07) is 12.5. The predicted octanol–water partition coefficient (Wildman–Crippen LogP) is 4.03. The molecule has 0 aliphatic carbocycles. The molecule has 24 heavy (non-hydrogen) atoms. The van der Waals surface area contributed by atoms with Crippen LogP contribution in [0, 0.1) is 11.6 Å². The molecule has 0 aliphatic heterocycles. The van der Waals surface area contributed by atoms with E-state index in [2.05, 4.69) is 5.32 Å². The molecule has 1 N–H and O–H groups in total. The van der Waals surface area contributed by atoms with Crippen LogP contribution in [0.4, 0.5) is 8.78 Å². The third kappa shape index (κ3) is 5.53. The SMILES string of the molecule is CC(COc1ccc(F)cc1F)NC(=O)C(C)Sc1ccccc1. The van der Waals surface area contributed by atoms with E-state index in [0.717, 1.165) is 17.0 Å². The van der Waals surface area contributed by atoms with E-state index in [4.69, 9.17) is 4.74 Å². The Kier molecular flexibility index (Phi) is 6.61. The van der Waals surface area contributed by atoms with Gasteiger partial charge in [-0.1, -0.05) is 18.2 Å². The molecule has 128 valence electrons. The van der Waals surface area contributed by atoms with Gasteiger partial charge in [0.1, 0.15) is 12.4 Å². The molecule has 6 heteroatoms. The lowest BCUT2D eigenvalue weighted by Gasteiger charge is -2.18. The molecule has 2 rings (SSSR count). The Morgan fingerprint density at radius 3 is 2.54 bits per heavy atom. The Bertz CT molecular complexity index is 682. The molecule has 0 bridgehead atoms. The Morgan fingerprint density at radius 2 is 1.88 bits per heavy atom. The minimum atomic E-state index is -0.762. The van der Waals surface area contributed by atoms with Gasteiger partial charge in [0.15, 0.2) is 11.6 Å². The van der Waals surface area contributed by atoms with Crippen LogP contribution in [0.3, 0.4) is 0 Å². The summed E-state index contributed by atoms with van der Waals surface area (Å²) in [5, 5.41) is 2.55. The molecule has 0 aliphatic rings. The molecular weight excluding hydrogens is 332 g/mol. The molecule has 2 atom stereocenters. The first kappa shape index (κ1) is 18.3. The average Bonchev–Trinajstić information content (AvgIpc) is 2.55. The second-order valence-electron chi connectivity index (χ2n) is 5.37. The van der Waals surface area contributed by atoms with Gasteiger partial charge in [-0.3, -0.25) is 4.79 Å². The highest BCUT2D eigenvalue weighted by molar-refractivity contribution is 8.00. The van der Waals surface area contributed by atoms with Gasteiger partial charge in [-0.15, -0.1) is 11.8 Å². The number of carbonyl (C=O) groups is 1. The third-order valence-corrected chi connectivity index (χ3v) is 4.31. The van der Waals surface area contributed by atoms with Gasteiger partial charge in [-0.05, 0) is 38.1 Å². The van der Waals surface area contributed by atoms with Gasteiger partial charge < -0.3 is 10.1 Å². The molecule has 2 aromatic rings. The molecule has 3 nitrogen and oxygen atoms in total. The first-order valence-electron chi connectivity index (χ1n) is 7.55. The minimum Gasteiger partial charge on any atom is -0.488 e. The highest BCUT2D eigenvalue weighted by Crippen LogP contribution is 2.23. The third-order valence-electron chi connectivity index (χ3n) is 3.20. The van der Waals surface area contributed by atoms with E-state index in [1.807, 2.05) is 37.3 Å². The molecule has 0 saturated carbocycles. The fraction of sp³-hybridized carbons (Fsp3) is 0.278. The topological polar surface area (TPSA) is 38.3 Å². The molecule has 2 unspecified atom stereocenters. The van der Waals surface area contributed by atoms with E-state index in [1.54, 1.807) is 6.92 Å². The van der Waals surface area contributed by atoms with Crippen molar-refractivity contribution in [2.45, 2.75) is 30.0 Å². The number of halogens is 2. The maximum atomic E-state index is 13.5. The van der Waals surface area contributed by atoms with Crippen LogP contribution in [0.1, 0.15) is 13.8 Å². The van der Waals surface area contributed by atoms with Crippen LogP contribution in [0.5, 0.6) is 5.75 Å². The zero-order chi connectivity index (χ0) is 17.5. The normalized spacial score (nSPS) is 13.2. The molecule has 0 aromatic heterocycles. The molecule has 1 amide bonds. The van der Waals surface area contributed by atoms with Crippen molar-refractivity contribution in [3.63, 3.8) is 0 Å². The van der Waals surface area contributed by atoms with Crippen molar-refractivity contribution in [2.24, 2.45) is 0 Å². The molecule has 0 heterocycles. The Morgan fingerprint density at radius 1 is 1.17 bits per heavy atom. The summed E-state index contributed by atoms with van der Waals surface area (Å²) >= 11 is 1.46. The predicted molar refractivity (Wildman–Crippen MR) is 91.2 cm³/mol. The zero-order valence-corrected chi connectivity index (χ0v) is 14.3. The fourth-order valence-electron chi connectivity index (χ4n) is 1.97. The number of amides is 1.